The Balaban J connectivity index is 2.05. The lowest BCUT2D eigenvalue weighted by atomic mass is 10.2. The first kappa shape index (κ1) is 19.6. The molecular weight excluding hydrogens is 379 g/mol. The minimum atomic E-state index is -0.437. The van der Waals surface area contributed by atoms with Crippen LogP contribution in [0.1, 0.15) is 12.0 Å². The number of hydrogen-bond donors (Lipinski definition) is 1. The van der Waals surface area contributed by atoms with Crippen molar-refractivity contribution >= 4 is 46.8 Å². The molecule has 0 aliphatic heterocycles. The Labute approximate surface area is 161 Å². The largest absolute Gasteiger partial charge is 0.370 e. The van der Waals surface area contributed by atoms with Crippen LogP contribution in [-0.2, 0) is 16.1 Å². The number of hydrogen-bond acceptors (Lipinski definition) is 3. The van der Waals surface area contributed by atoms with Gasteiger partial charge in [0, 0.05) is 24.4 Å². The highest BCUT2D eigenvalue weighted by Crippen LogP contribution is 2.33. The van der Waals surface area contributed by atoms with Crippen LogP contribution in [0.2, 0.25) is 10.0 Å². The Kier molecular flexibility index (Phi) is 7.62. The average molecular weight is 397 g/mol. The molecule has 4 nitrogen and oxygen atoms in total. The topological polar surface area (TPSA) is 63.4 Å². The summed E-state index contributed by atoms with van der Waals surface area (Å²) < 4.78 is 0. The summed E-state index contributed by atoms with van der Waals surface area (Å²) in [4.78, 5) is 26.0. The lowest BCUT2D eigenvalue weighted by Gasteiger charge is -2.22. The fraction of sp³-hybridized carbons (Fsp3) is 0.222. The number of amides is 2. The number of primary amides is 1. The highest BCUT2D eigenvalue weighted by Gasteiger charge is 2.17. The molecular formula is C18H18Cl2N2O2S. The van der Waals surface area contributed by atoms with Crippen molar-refractivity contribution < 1.29 is 9.59 Å². The highest BCUT2D eigenvalue weighted by atomic mass is 35.5. The van der Waals surface area contributed by atoms with E-state index in [0.717, 1.165) is 5.56 Å². The molecule has 2 rings (SSSR count). The van der Waals surface area contributed by atoms with Gasteiger partial charge in [-0.3, -0.25) is 9.59 Å². The number of halogens is 2. The van der Waals surface area contributed by atoms with Crippen LogP contribution in [0.5, 0.6) is 0 Å². The van der Waals surface area contributed by atoms with E-state index in [2.05, 4.69) is 0 Å². The summed E-state index contributed by atoms with van der Waals surface area (Å²) in [7, 11) is 0. The third-order valence-corrected chi connectivity index (χ3v) is 5.43. The van der Waals surface area contributed by atoms with Gasteiger partial charge in [0.05, 0.1) is 15.8 Å². The molecule has 0 atom stereocenters. The van der Waals surface area contributed by atoms with Gasteiger partial charge in [0.2, 0.25) is 11.8 Å². The number of thioether (sulfide) groups is 1. The van der Waals surface area contributed by atoms with Gasteiger partial charge < -0.3 is 10.6 Å². The molecule has 0 heterocycles. The van der Waals surface area contributed by atoms with Crippen LogP contribution >= 0.6 is 35.0 Å². The maximum Gasteiger partial charge on any atom is 0.233 e. The number of rotatable bonds is 8. The van der Waals surface area contributed by atoms with Gasteiger partial charge in [-0.2, -0.15) is 0 Å². The second kappa shape index (κ2) is 9.70. The maximum absolute atomic E-state index is 12.6. The smallest absolute Gasteiger partial charge is 0.233 e. The van der Waals surface area contributed by atoms with Crippen LogP contribution in [0.3, 0.4) is 0 Å². The second-order valence-electron chi connectivity index (χ2n) is 5.36. The Morgan fingerprint density at radius 2 is 1.64 bits per heavy atom. The van der Waals surface area contributed by atoms with Crippen molar-refractivity contribution in [3.63, 3.8) is 0 Å². The van der Waals surface area contributed by atoms with E-state index in [1.165, 1.54) is 11.8 Å². The van der Waals surface area contributed by atoms with E-state index >= 15 is 0 Å². The van der Waals surface area contributed by atoms with Gasteiger partial charge in [0.25, 0.3) is 0 Å². The lowest BCUT2D eigenvalue weighted by molar-refractivity contribution is -0.129. The van der Waals surface area contributed by atoms with Crippen LogP contribution in [0.4, 0.5) is 0 Å². The first-order chi connectivity index (χ1) is 12.0. The predicted octanol–water partition coefficient (Wildman–Crippen LogP) is 3.99. The summed E-state index contributed by atoms with van der Waals surface area (Å²) in [5.41, 5.74) is 6.21. The molecule has 0 unspecified atom stereocenters. The van der Waals surface area contributed by atoms with Crippen molar-refractivity contribution in [2.24, 2.45) is 5.73 Å². The van der Waals surface area contributed by atoms with Crippen LogP contribution in [-0.4, -0.2) is 29.0 Å². The number of carbonyl (C=O) groups is 2. The maximum atomic E-state index is 12.6. The Hall–Kier alpha value is -1.69. The van der Waals surface area contributed by atoms with Gasteiger partial charge in [0.15, 0.2) is 0 Å². The van der Waals surface area contributed by atoms with Crippen molar-refractivity contribution in [1.82, 2.24) is 4.90 Å². The lowest BCUT2D eigenvalue weighted by Crippen LogP contribution is -2.34. The third kappa shape index (κ3) is 6.27. The number of benzene rings is 2. The first-order valence-electron chi connectivity index (χ1n) is 7.64. The molecule has 0 saturated heterocycles. The molecule has 0 aliphatic carbocycles. The minimum Gasteiger partial charge on any atom is -0.370 e. The molecule has 132 valence electrons. The minimum absolute atomic E-state index is 0.105. The van der Waals surface area contributed by atoms with Gasteiger partial charge in [-0.25, -0.2) is 0 Å². The van der Waals surface area contributed by atoms with Crippen LogP contribution in [0.25, 0.3) is 0 Å². The Morgan fingerprint density at radius 3 is 2.24 bits per heavy atom. The number of nitrogens with two attached hydrogens (primary N) is 1. The van der Waals surface area contributed by atoms with Crippen LogP contribution in [0.15, 0.2) is 53.4 Å². The van der Waals surface area contributed by atoms with E-state index in [1.807, 2.05) is 30.3 Å². The molecule has 2 amide bonds. The fourth-order valence-corrected chi connectivity index (χ4v) is 3.77. The van der Waals surface area contributed by atoms with E-state index in [0.29, 0.717) is 21.5 Å². The normalized spacial score (nSPS) is 10.5. The fourth-order valence-electron chi connectivity index (χ4n) is 2.19. The predicted molar refractivity (Wildman–Crippen MR) is 103 cm³/mol. The van der Waals surface area contributed by atoms with Gasteiger partial charge in [-0.05, 0) is 17.7 Å². The van der Waals surface area contributed by atoms with E-state index in [9.17, 15) is 9.59 Å². The van der Waals surface area contributed by atoms with Crippen LogP contribution in [0, 0.1) is 0 Å². The number of carbonyl (C=O) groups excluding carboxylic acids is 2. The second-order valence-corrected chi connectivity index (χ2v) is 7.16. The SMILES string of the molecule is NC(=O)CCN(Cc1ccccc1)C(=O)CSc1c(Cl)cccc1Cl. The molecule has 0 radical (unpaired) electrons. The Bertz CT molecular complexity index is 721. The molecule has 25 heavy (non-hydrogen) atoms. The highest BCUT2D eigenvalue weighted by molar-refractivity contribution is 8.00. The molecule has 2 aromatic rings. The molecule has 0 saturated carbocycles. The third-order valence-electron chi connectivity index (χ3n) is 3.46. The van der Waals surface area contributed by atoms with Gasteiger partial charge in [-0.1, -0.05) is 59.6 Å². The van der Waals surface area contributed by atoms with E-state index in [4.69, 9.17) is 28.9 Å². The molecule has 2 aromatic carbocycles. The van der Waals surface area contributed by atoms with E-state index in [1.54, 1.807) is 23.1 Å². The summed E-state index contributed by atoms with van der Waals surface area (Å²) >= 11 is 13.6. The summed E-state index contributed by atoms with van der Waals surface area (Å²) in [5.74, 6) is -0.367. The van der Waals surface area contributed by atoms with E-state index < -0.39 is 5.91 Å². The zero-order valence-electron chi connectivity index (χ0n) is 13.5. The first-order valence-corrected chi connectivity index (χ1v) is 9.38. The van der Waals surface area contributed by atoms with E-state index in [-0.39, 0.29) is 24.6 Å². The standard InChI is InChI=1S/C18H18Cl2N2O2S/c19-14-7-4-8-15(20)18(14)25-12-17(24)22(10-9-16(21)23)11-13-5-2-1-3-6-13/h1-8H,9-12H2,(H2,21,23). The zero-order chi connectivity index (χ0) is 18.2. The molecule has 0 aliphatic rings. The summed E-state index contributed by atoms with van der Waals surface area (Å²) in [6, 6.07) is 14.8. The van der Waals surface area contributed by atoms with Gasteiger partial charge >= 0.3 is 0 Å². The summed E-state index contributed by atoms with van der Waals surface area (Å²) in [5, 5.41) is 1.02. The zero-order valence-corrected chi connectivity index (χ0v) is 15.8. The average Bonchev–Trinajstić information content (AvgIpc) is 2.58. The van der Waals surface area contributed by atoms with Crippen molar-refractivity contribution in [3.8, 4) is 0 Å². The molecule has 0 bridgehead atoms. The summed E-state index contributed by atoms with van der Waals surface area (Å²) in [6.45, 7) is 0.698. The van der Waals surface area contributed by atoms with Crippen molar-refractivity contribution in [3.05, 3.63) is 64.1 Å². The molecule has 0 spiro atoms. The quantitative estimate of drug-likeness (QED) is 0.685. The van der Waals surface area contributed by atoms with Gasteiger partial charge in [0.1, 0.15) is 0 Å². The van der Waals surface area contributed by atoms with Crippen molar-refractivity contribution in [1.29, 1.82) is 0 Å². The number of nitrogens with zero attached hydrogens (tertiary/aromatic N) is 1. The molecule has 0 aromatic heterocycles. The molecule has 2 N–H and O–H groups in total. The van der Waals surface area contributed by atoms with Crippen molar-refractivity contribution in [2.75, 3.05) is 12.3 Å². The molecule has 0 fully saturated rings. The van der Waals surface area contributed by atoms with Crippen LogP contribution < -0.4 is 5.73 Å². The van der Waals surface area contributed by atoms with Crippen molar-refractivity contribution in [2.45, 2.75) is 17.9 Å². The van der Waals surface area contributed by atoms with Gasteiger partial charge in [-0.15, -0.1) is 11.8 Å². The Morgan fingerprint density at radius 1 is 1.00 bits per heavy atom. The summed E-state index contributed by atoms with van der Waals surface area (Å²) in [6.07, 6.45) is 0.121. The monoisotopic (exact) mass is 396 g/mol. The molecule has 7 heteroatoms.